The van der Waals surface area contributed by atoms with Crippen molar-refractivity contribution in [3.8, 4) is 0 Å². The third kappa shape index (κ3) is 5.93. The number of hydrogen-bond donors (Lipinski definition) is 3. The number of benzene rings is 2. The summed E-state index contributed by atoms with van der Waals surface area (Å²) in [6.45, 7) is 2.20. The highest BCUT2D eigenvalue weighted by atomic mass is 35.5. The molecule has 0 saturated heterocycles. The number of carbonyl (C=O) groups is 2. The van der Waals surface area contributed by atoms with E-state index in [4.69, 9.17) is 11.6 Å². The molecule has 3 N–H and O–H groups in total. The van der Waals surface area contributed by atoms with Crippen LogP contribution in [-0.4, -0.2) is 18.5 Å². The molecule has 0 radical (unpaired) electrons. The van der Waals surface area contributed by atoms with Crippen LogP contribution in [0.1, 0.15) is 24.1 Å². The molecule has 3 amide bonds. The lowest BCUT2D eigenvalue weighted by molar-refractivity contribution is -0.120. The Morgan fingerprint density at radius 1 is 1.00 bits per heavy atom. The quantitative estimate of drug-likeness (QED) is 0.753. The Hall–Kier alpha value is -2.53. The maximum absolute atomic E-state index is 11.9. The van der Waals surface area contributed by atoms with Gasteiger partial charge >= 0.3 is 6.03 Å². The van der Waals surface area contributed by atoms with Gasteiger partial charge in [0.05, 0.1) is 12.6 Å². The zero-order valence-corrected chi connectivity index (χ0v) is 14.1. The Labute approximate surface area is 146 Å². The highest BCUT2D eigenvalue weighted by Crippen LogP contribution is 2.15. The zero-order valence-electron chi connectivity index (χ0n) is 13.4. The Balaban J connectivity index is 1.70. The standard InChI is InChI=1S/C18H20ClN3O2/c1-13(15-7-9-16(19)10-8-15)22-17(23)12-21-18(24)20-11-14-5-3-2-4-6-14/h2-10,13H,11-12H2,1H3,(H,22,23)(H2,20,21,24)/t13-/m0/s1. The number of urea groups is 1. The van der Waals surface area contributed by atoms with Gasteiger partial charge in [0.25, 0.3) is 0 Å². The molecule has 5 nitrogen and oxygen atoms in total. The molecule has 24 heavy (non-hydrogen) atoms. The Kier molecular flexibility index (Phi) is 6.63. The molecule has 0 saturated carbocycles. The van der Waals surface area contributed by atoms with Crippen LogP contribution in [0, 0.1) is 0 Å². The Bertz CT molecular complexity index is 674. The summed E-state index contributed by atoms with van der Waals surface area (Å²) in [5, 5.41) is 8.70. The predicted octanol–water partition coefficient (Wildman–Crippen LogP) is 3.02. The van der Waals surface area contributed by atoms with Crippen molar-refractivity contribution in [1.29, 1.82) is 0 Å². The summed E-state index contributed by atoms with van der Waals surface area (Å²) in [4.78, 5) is 23.6. The highest BCUT2D eigenvalue weighted by molar-refractivity contribution is 6.30. The van der Waals surface area contributed by atoms with Gasteiger partial charge in [-0.05, 0) is 30.2 Å². The lowest BCUT2D eigenvalue weighted by atomic mass is 10.1. The molecule has 1 atom stereocenters. The van der Waals surface area contributed by atoms with Gasteiger partial charge in [0.1, 0.15) is 0 Å². The smallest absolute Gasteiger partial charge is 0.315 e. The lowest BCUT2D eigenvalue weighted by Crippen LogP contribution is -2.42. The van der Waals surface area contributed by atoms with Gasteiger partial charge in [0.2, 0.25) is 5.91 Å². The molecule has 2 aromatic carbocycles. The van der Waals surface area contributed by atoms with Crippen LogP contribution < -0.4 is 16.0 Å². The van der Waals surface area contributed by atoms with E-state index < -0.39 is 0 Å². The van der Waals surface area contributed by atoms with E-state index in [1.165, 1.54) is 0 Å². The van der Waals surface area contributed by atoms with Crippen LogP contribution in [0.4, 0.5) is 4.79 Å². The van der Waals surface area contributed by atoms with E-state index in [0.29, 0.717) is 11.6 Å². The fraction of sp³-hybridized carbons (Fsp3) is 0.222. The SMILES string of the molecule is C[C@H](NC(=O)CNC(=O)NCc1ccccc1)c1ccc(Cl)cc1. The molecule has 2 rings (SSSR count). The largest absolute Gasteiger partial charge is 0.348 e. The van der Waals surface area contributed by atoms with E-state index in [9.17, 15) is 9.59 Å². The summed E-state index contributed by atoms with van der Waals surface area (Å²) in [6, 6.07) is 16.3. The van der Waals surface area contributed by atoms with Crippen molar-refractivity contribution >= 4 is 23.5 Å². The van der Waals surface area contributed by atoms with Crippen LogP contribution >= 0.6 is 11.6 Å². The molecule has 126 valence electrons. The van der Waals surface area contributed by atoms with Crippen molar-refractivity contribution in [2.75, 3.05) is 6.54 Å². The topological polar surface area (TPSA) is 70.2 Å². The van der Waals surface area contributed by atoms with E-state index >= 15 is 0 Å². The molecule has 0 aliphatic rings. The summed E-state index contributed by atoms with van der Waals surface area (Å²) in [6.07, 6.45) is 0. The minimum atomic E-state index is -0.381. The van der Waals surface area contributed by atoms with Crippen LogP contribution in [0.3, 0.4) is 0 Å². The van der Waals surface area contributed by atoms with Gasteiger partial charge < -0.3 is 16.0 Å². The fourth-order valence-electron chi connectivity index (χ4n) is 2.13. The fourth-order valence-corrected chi connectivity index (χ4v) is 2.25. The first-order chi connectivity index (χ1) is 11.5. The van der Waals surface area contributed by atoms with E-state index in [1.54, 1.807) is 12.1 Å². The van der Waals surface area contributed by atoms with E-state index in [0.717, 1.165) is 11.1 Å². The van der Waals surface area contributed by atoms with Crippen molar-refractivity contribution in [1.82, 2.24) is 16.0 Å². The number of rotatable bonds is 6. The summed E-state index contributed by atoms with van der Waals surface area (Å²) in [5.41, 5.74) is 1.94. The lowest BCUT2D eigenvalue weighted by Gasteiger charge is -2.15. The number of amides is 3. The molecule has 2 aromatic rings. The third-order valence-electron chi connectivity index (χ3n) is 3.45. The molecule has 0 heterocycles. The van der Waals surface area contributed by atoms with Crippen molar-refractivity contribution in [3.05, 3.63) is 70.7 Å². The van der Waals surface area contributed by atoms with Crippen LogP contribution in [-0.2, 0) is 11.3 Å². The maximum Gasteiger partial charge on any atom is 0.315 e. The van der Waals surface area contributed by atoms with Gasteiger partial charge in [-0.25, -0.2) is 4.79 Å². The minimum absolute atomic E-state index is 0.0848. The minimum Gasteiger partial charge on any atom is -0.348 e. The zero-order chi connectivity index (χ0) is 17.4. The van der Waals surface area contributed by atoms with Gasteiger partial charge in [-0.2, -0.15) is 0 Å². The monoisotopic (exact) mass is 345 g/mol. The number of hydrogen-bond acceptors (Lipinski definition) is 2. The first-order valence-corrected chi connectivity index (χ1v) is 8.03. The Morgan fingerprint density at radius 3 is 2.33 bits per heavy atom. The molecule has 0 spiro atoms. The van der Waals surface area contributed by atoms with Crippen molar-refractivity contribution in [2.24, 2.45) is 0 Å². The summed E-state index contributed by atoms with van der Waals surface area (Å²) >= 11 is 5.84. The van der Waals surface area contributed by atoms with Crippen molar-refractivity contribution in [3.63, 3.8) is 0 Å². The summed E-state index contributed by atoms with van der Waals surface area (Å²) < 4.78 is 0. The molecular formula is C18H20ClN3O2. The molecule has 0 aliphatic carbocycles. The van der Waals surface area contributed by atoms with Gasteiger partial charge in [-0.15, -0.1) is 0 Å². The van der Waals surface area contributed by atoms with Crippen LogP contribution in [0.2, 0.25) is 5.02 Å². The van der Waals surface area contributed by atoms with Gasteiger partial charge in [-0.1, -0.05) is 54.1 Å². The van der Waals surface area contributed by atoms with E-state index in [2.05, 4.69) is 16.0 Å². The van der Waals surface area contributed by atoms with E-state index in [1.807, 2.05) is 49.4 Å². The average Bonchev–Trinajstić information content (AvgIpc) is 2.59. The number of halogens is 1. The van der Waals surface area contributed by atoms with Crippen LogP contribution in [0.15, 0.2) is 54.6 Å². The molecule has 0 bridgehead atoms. The van der Waals surface area contributed by atoms with Crippen LogP contribution in [0.5, 0.6) is 0 Å². The molecule has 0 fully saturated rings. The third-order valence-corrected chi connectivity index (χ3v) is 3.70. The van der Waals surface area contributed by atoms with Crippen LogP contribution in [0.25, 0.3) is 0 Å². The first kappa shape index (κ1) is 17.8. The van der Waals surface area contributed by atoms with E-state index in [-0.39, 0.29) is 24.5 Å². The van der Waals surface area contributed by atoms with Crippen molar-refractivity contribution in [2.45, 2.75) is 19.5 Å². The van der Waals surface area contributed by atoms with Gasteiger partial charge in [-0.3, -0.25) is 4.79 Å². The maximum atomic E-state index is 11.9. The molecule has 0 aromatic heterocycles. The van der Waals surface area contributed by atoms with Crippen molar-refractivity contribution < 1.29 is 9.59 Å². The second kappa shape index (κ2) is 8.93. The first-order valence-electron chi connectivity index (χ1n) is 7.65. The number of nitrogens with one attached hydrogen (secondary N) is 3. The summed E-state index contributed by atoms with van der Waals surface area (Å²) in [5.74, 6) is -0.257. The van der Waals surface area contributed by atoms with Gasteiger partial charge in [0.15, 0.2) is 0 Å². The summed E-state index contributed by atoms with van der Waals surface area (Å²) in [7, 11) is 0. The second-order valence-corrected chi connectivity index (χ2v) is 5.80. The average molecular weight is 346 g/mol. The highest BCUT2D eigenvalue weighted by Gasteiger charge is 2.10. The molecule has 0 aliphatic heterocycles. The molecule has 6 heteroatoms. The molecular weight excluding hydrogens is 326 g/mol. The Morgan fingerprint density at radius 2 is 1.67 bits per heavy atom. The van der Waals surface area contributed by atoms with Gasteiger partial charge in [0, 0.05) is 11.6 Å². The second-order valence-electron chi connectivity index (χ2n) is 5.36. The normalized spacial score (nSPS) is 11.4. The molecule has 0 unspecified atom stereocenters. The predicted molar refractivity (Wildman–Crippen MR) is 94.7 cm³/mol. The number of carbonyl (C=O) groups excluding carboxylic acids is 2.